The van der Waals surface area contributed by atoms with E-state index in [1.54, 1.807) is 0 Å². The van der Waals surface area contributed by atoms with Crippen LogP contribution in [0.4, 0.5) is 0 Å². The minimum Gasteiger partial charge on any atom is -0.481 e. The molecule has 72 valence electrons. The molecule has 0 radical (unpaired) electrons. The monoisotopic (exact) mass is 173 g/mol. The Morgan fingerprint density at radius 3 is 2.25 bits per heavy atom. The van der Waals surface area contributed by atoms with Gasteiger partial charge in [0.15, 0.2) is 0 Å². The molecule has 0 aliphatic carbocycles. The molecule has 0 bridgehead atoms. The highest BCUT2D eigenvalue weighted by Crippen LogP contribution is 2.25. The van der Waals surface area contributed by atoms with Crippen LogP contribution in [0.2, 0.25) is 0 Å². The van der Waals surface area contributed by atoms with Crippen molar-refractivity contribution in [2.45, 2.75) is 26.7 Å². The molecule has 0 aliphatic rings. The summed E-state index contributed by atoms with van der Waals surface area (Å²) in [5, 5.41) is 8.67. The third kappa shape index (κ3) is 4.34. The lowest BCUT2D eigenvalue weighted by molar-refractivity contribution is -0.139. The average molecular weight is 173 g/mol. The van der Waals surface area contributed by atoms with Gasteiger partial charge in [-0.05, 0) is 25.9 Å². The van der Waals surface area contributed by atoms with E-state index in [9.17, 15) is 4.79 Å². The third-order valence-corrected chi connectivity index (χ3v) is 2.13. The van der Waals surface area contributed by atoms with Gasteiger partial charge in [0.05, 0.1) is 6.42 Å². The van der Waals surface area contributed by atoms with Crippen molar-refractivity contribution < 1.29 is 9.90 Å². The predicted molar refractivity (Wildman–Crippen MR) is 49.2 cm³/mol. The summed E-state index contributed by atoms with van der Waals surface area (Å²) < 4.78 is 0. The Kier molecular flexibility index (Phi) is 4.24. The van der Waals surface area contributed by atoms with E-state index in [0.717, 1.165) is 13.0 Å². The normalized spacial score (nSPS) is 16.1. The van der Waals surface area contributed by atoms with E-state index < -0.39 is 5.97 Å². The number of hydrogen-bond donors (Lipinski definition) is 1. The van der Waals surface area contributed by atoms with Crippen molar-refractivity contribution in [3.63, 3.8) is 0 Å². The third-order valence-electron chi connectivity index (χ3n) is 2.13. The van der Waals surface area contributed by atoms with Gasteiger partial charge in [-0.15, -0.1) is 0 Å². The molecule has 0 rings (SSSR count). The first-order chi connectivity index (χ1) is 5.39. The van der Waals surface area contributed by atoms with Gasteiger partial charge in [-0.25, -0.2) is 0 Å². The summed E-state index contributed by atoms with van der Waals surface area (Å²) in [7, 11) is 3.94. The molecular weight excluding hydrogens is 154 g/mol. The van der Waals surface area contributed by atoms with Crippen LogP contribution in [0.1, 0.15) is 26.7 Å². The Bertz CT molecular complexity index is 157. The Balaban J connectivity index is 4.13. The molecule has 0 heterocycles. The number of carbonyl (C=O) groups is 1. The summed E-state index contributed by atoms with van der Waals surface area (Å²) in [4.78, 5) is 12.6. The first-order valence-corrected chi connectivity index (χ1v) is 4.26. The minimum atomic E-state index is -0.707. The number of hydrogen-bond acceptors (Lipinski definition) is 2. The molecule has 0 spiro atoms. The highest BCUT2D eigenvalue weighted by molar-refractivity contribution is 5.67. The molecule has 12 heavy (non-hydrogen) atoms. The second-order valence-electron chi connectivity index (χ2n) is 3.97. The van der Waals surface area contributed by atoms with Gasteiger partial charge >= 0.3 is 5.97 Å². The van der Waals surface area contributed by atoms with Crippen molar-refractivity contribution >= 4 is 5.97 Å². The summed E-state index contributed by atoms with van der Waals surface area (Å²) in [5.41, 5.74) is -0.0880. The smallest absolute Gasteiger partial charge is 0.303 e. The summed E-state index contributed by atoms with van der Waals surface area (Å²) >= 11 is 0. The van der Waals surface area contributed by atoms with Gasteiger partial charge in [0.1, 0.15) is 0 Å². The summed E-state index contributed by atoms with van der Waals surface area (Å²) in [6, 6.07) is 0. The SMILES string of the molecule is CCC(C)(CC(=O)O)CN(C)C. The van der Waals surface area contributed by atoms with Gasteiger partial charge in [0.2, 0.25) is 0 Å². The number of carboxylic acids is 1. The van der Waals surface area contributed by atoms with Crippen molar-refractivity contribution in [2.75, 3.05) is 20.6 Å². The molecule has 0 aromatic heterocycles. The summed E-state index contributed by atoms with van der Waals surface area (Å²) in [6.45, 7) is 4.88. The van der Waals surface area contributed by atoms with Crippen LogP contribution in [-0.2, 0) is 4.79 Å². The Labute approximate surface area is 74.4 Å². The van der Waals surface area contributed by atoms with Crippen LogP contribution in [0.5, 0.6) is 0 Å². The highest BCUT2D eigenvalue weighted by Gasteiger charge is 2.25. The Hall–Kier alpha value is -0.570. The van der Waals surface area contributed by atoms with E-state index in [1.807, 2.05) is 32.8 Å². The summed E-state index contributed by atoms with van der Waals surface area (Å²) in [5.74, 6) is -0.707. The Morgan fingerprint density at radius 2 is 2.00 bits per heavy atom. The first-order valence-electron chi connectivity index (χ1n) is 4.26. The van der Waals surface area contributed by atoms with Crippen LogP contribution in [0.25, 0.3) is 0 Å². The van der Waals surface area contributed by atoms with E-state index in [0.29, 0.717) is 0 Å². The predicted octanol–water partition coefficient (Wildman–Crippen LogP) is 1.44. The van der Waals surface area contributed by atoms with Crippen LogP contribution >= 0.6 is 0 Å². The lowest BCUT2D eigenvalue weighted by Gasteiger charge is -2.29. The number of nitrogens with zero attached hydrogens (tertiary/aromatic N) is 1. The molecule has 3 heteroatoms. The fraction of sp³-hybridized carbons (Fsp3) is 0.889. The maximum atomic E-state index is 10.5. The molecule has 1 unspecified atom stereocenters. The van der Waals surface area contributed by atoms with Crippen LogP contribution in [0.3, 0.4) is 0 Å². The second kappa shape index (κ2) is 4.45. The number of rotatable bonds is 5. The van der Waals surface area contributed by atoms with E-state index in [4.69, 9.17) is 5.11 Å². The Morgan fingerprint density at radius 1 is 1.50 bits per heavy atom. The standard InChI is InChI=1S/C9H19NO2/c1-5-9(2,6-8(11)12)7-10(3)4/h5-7H2,1-4H3,(H,11,12). The zero-order chi connectivity index (χ0) is 9.78. The van der Waals surface area contributed by atoms with Gasteiger partial charge in [-0.3, -0.25) is 4.79 Å². The molecule has 1 N–H and O–H groups in total. The topological polar surface area (TPSA) is 40.5 Å². The highest BCUT2D eigenvalue weighted by atomic mass is 16.4. The van der Waals surface area contributed by atoms with Gasteiger partial charge in [0.25, 0.3) is 0 Å². The van der Waals surface area contributed by atoms with Gasteiger partial charge < -0.3 is 10.0 Å². The van der Waals surface area contributed by atoms with Gasteiger partial charge in [-0.2, -0.15) is 0 Å². The van der Waals surface area contributed by atoms with Crippen LogP contribution in [0, 0.1) is 5.41 Å². The van der Waals surface area contributed by atoms with Crippen molar-refractivity contribution in [1.82, 2.24) is 4.90 Å². The van der Waals surface area contributed by atoms with Crippen LogP contribution in [-0.4, -0.2) is 36.6 Å². The molecule has 0 aromatic rings. The molecule has 0 fully saturated rings. The van der Waals surface area contributed by atoms with Crippen molar-refractivity contribution in [3.8, 4) is 0 Å². The quantitative estimate of drug-likeness (QED) is 0.684. The zero-order valence-electron chi connectivity index (χ0n) is 8.42. The van der Waals surface area contributed by atoms with E-state index in [-0.39, 0.29) is 11.8 Å². The largest absolute Gasteiger partial charge is 0.481 e. The molecule has 1 atom stereocenters. The maximum Gasteiger partial charge on any atom is 0.303 e. The lowest BCUT2D eigenvalue weighted by atomic mass is 9.83. The number of carboxylic acid groups (broad SMARTS) is 1. The second-order valence-corrected chi connectivity index (χ2v) is 3.97. The van der Waals surface area contributed by atoms with E-state index >= 15 is 0 Å². The lowest BCUT2D eigenvalue weighted by Crippen LogP contribution is -2.32. The molecule has 0 aromatic carbocycles. The maximum absolute atomic E-state index is 10.5. The fourth-order valence-electron chi connectivity index (χ4n) is 1.42. The molecule has 0 saturated carbocycles. The van der Waals surface area contributed by atoms with Crippen LogP contribution < -0.4 is 0 Å². The summed E-state index contributed by atoms with van der Waals surface area (Å²) in [6.07, 6.45) is 1.15. The first kappa shape index (κ1) is 11.4. The molecule has 0 amide bonds. The molecular formula is C9H19NO2. The molecule has 0 saturated heterocycles. The van der Waals surface area contributed by atoms with Gasteiger partial charge in [-0.1, -0.05) is 13.8 Å². The zero-order valence-corrected chi connectivity index (χ0v) is 8.42. The minimum absolute atomic E-state index is 0.0880. The van der Waals surface area contributed by atoms with Crippen LogP contribution in [0.15, 0.2) is 0 Å². The number of aliphatic carboxylic acids is 1. The van der Waals surface area contributed by atoms with Crippen molar-refractivity contribution in [3.05, 3.63) is 0 Å². The molecule has 0 aliphatic heterocycles. The van der Waals surface area contributed by atoms with Gasteiger partial charge in [0, 0.05) is 6.54 Å². The molecule has 3 nitrogen and oxygen atoms in total. The fourth-order valence-corrected chi connectivity index (χ4v) is 1.42. The van der Waals surface area contributed by atoms with Crippen molar-refractivity contribution in [1.29, 1.82) is 0 Å². The van der Waals surface area contributed by atoms with Crippen molar-refractivity contribution in [2.24, 2.45) is 5.41 Å². The van der Waals surface area contributed by atoms with E-state index in [2.05, 4.69) is 0 Å². The van der Waals surface area contributed by atoms with E-state index in [1.165, 1.54) is 0 Å². The average Bonchev–Trinajstić information content (AvgIpc) is 1.83.